The molecule has 1 heterocycles. The Labute approximate surface area is 103 Å². The lowest BCUT2D eigenvalue weighted by Crippen LogP contribution is -2.36. The monoisotopic (exact) mass is 232 g/mol. The summed E-state index contributed by atoms with van der Waals surface area (Å²) in [7, 11) is 0. The Hall–Kier alpha value is -1.51. The van der Waals surface area contributed by atoms with E-state index in [4.69, 9.17) is 5.73 Å². The maximum Gasteiger partial charge on any atom is 0.237 e. The van der Waals surface area contributed by atoms with Gasteiger partial charge in [-0.15, -0.1) is 0 Å². The smallest absolute Gasteiger partial charge is 0.237 e. The van der Waals surface area contributed by atoms with Crippen molar-refractivity contribution in [3.63, 3.8) is 0 Å². The summed E-state index contributed by atoms with van der Waals surface area (Å²) in [6.07, 6.45) is 2.09. The molecule has 1 aromatic rings. The highest BCUT2D eigenvalue weighted by Gasteiger charge is 2.44. The molecule has 1 aliphatic heterocycles. The number of nitrogen functional groups attached to an aromatic ring is 1. The molecular weight excluding hydrogens is 212 g/mol. The van der Waals surface area contributed by atoms with E-state index in [1.54, 1.807) is 0 Å². The van der Waals surface area contributed by atoms with Crippen LogP contribution >= 0.6 is 0 Å². The molecule has 2 N–H and O–H groups in total. The van der Waals surface area contributed by atoms with E-state index in [0.717, 1.165) is 30.6 Å². The molecule has 1 aliphatic rings. The number of nitrogens with two attached hydrogens (primary N) is 1. The molecule has 0 radical (unpaired) electrons. The van der Waals surface area contributed by atoms with E-state index >= 15 is 0 Å². The maximum absolute atomic E-state index is 12.4. The molecule has 0 unspecified atom stereocenters. The van der Waals surface area contributed by atoms with Gasteiger partial charge in [0.05, 0.1) is 16.8 Å². The van der Waals surface area contributed by atoms with E-state index in [1.165, 1.54) is 0 Å². The Kier molecular flexibility index (Phi) is 2.86. The van der Waals surface area contributed by atoms with E-state index in [2.05, 4.69) is 6.92 Å². The molecule has 0 saturated carbocycles. The SMILES string of the molecule is CCCCN1C(=O)C(C)(C)c2cccc(N)c21. The zero-order valence-electron chi connectivity index (χ0n) is 10.8. The van der Waals surface area contributed by atoms with Crippen LogP contribution in [0.25, 0.3) is 0 Å². The number of anilines is 2. The topological polar surface area (TPSA) is 46.3 Å². The van der Waals surface area contributed by atoms with Gasteiger partial charge in [0.2, 0.25) is 5.91 Å². The first-order valence-corrected chi connectivity index (χ1v) is 6.21. The zero-order chi connectivity index (χ0) is 12.6. The first-order valence-electron chi connectivity index (χ1n) is 6.21. The second-order valence-corrected chi connectivity index (χ2v) is 5.18. The number of hydrogen-bond donors (Lipinski definition) is 1. The zero-order valence-corrected chi connectivity index (χ0v) is 10.8. The van der Waals surface area contributed by atoms with Crippen molar-refractivity contribution in [3.8, 4) is 0 Å². The van der Waals surface area contributed by atoms with Gasteiger partial charge in [0.15, 0.2) is 0 Å². The third kappa shape index (κ3) is 1.70. The molecule has 0 spiro atoms. The minimum atomic E-state index is -0.446. The van der Waals surface area contributed by atoms with Gasteiger partial charge in [-0.2, -0.15) is 0 Å². The van der Waals surface area contributed by atoms with Crippen LogP contribution in [0.15, 0.2) is 18.2 Å². The molecule has 3 heteroatoms. The minimum Gasteiger partial charge on any atom is -0.397 e. The molecule has 3 nitrogen and oxygen atoms in total. The Bertz CT molecular complexity index is 452. The number of rotatable bonds is 3. The van der Waals surface area contributed by atoms with Gasteiger partial charge in [-0.25, -0.2) is 0 Å². The van der Waals surface area contributed by atoms with Gasteiger partial charge in [-0.1, -0.05) is 25.5 Å². The van der Waals surface area contributed by atoms with Crippen molar-refractivity contribution in [1.82, 2.24) is 0 Å². The number of benzene rings is 1. The number of fused-ring (bicyclic) bond motifs is 1. The molecule has 92 valence electrons. The number of carbonyl (C=O) groups is 1. The molecule has 0 saturated heterocycles. The van der Waals surface area contributed by atoms with Gasteiger partial charge in [0, 0.05) is 6.54 Å². The lowest BCUT2D eigenvalue weighted by Gasteiger charge is -2.20. The summed E-state index contributed by atoms with van der Waals surface area (Å²) in [6.45, 7) is 6.83. The molecule has 1 amide bonds. The van der Waals surface area contributed by atoms with Crippen molar-refractivity contribution in [2.24, 2.45) is 0 Å². The van der Waals surface area contributed by atoms with Crippen molar-refractivity contribution in [1.29, 1.82) is 0 Å². The van der Waals surface area contributed by atoms with E-state index in [1.807, 2.05) is 36.9 Å². The Morgan fingerprint density at radius 1 is 1.35 bits per heavy atom. The normalized spacial score (nSPS) is 17.4. The number of nitrogens with zero attached hydrogens (tertiary/aromatic N) is 1. The fourth-order valence-electron chi connectivity index (χ4n) is 2.45. The summed E-state index contributed by atoms with van der Waals surface area (Å²) in [5, 5.41) is 0. The lowest BCUT2D eigenvalue weighted by molar-refractivity contribution is -0.122. The molecule has 17 heavy (non-hydrogen) atoms. The van der Waals surface area contributed by atoms with E-state index in [9.17, 15) is 4.79 Å². The summed E-state index contributed by atoms with van der Waals surface area (Å²) < 4.78 is 0. The second kappa shape index (κ2) is 4.06. The van der Waals surface area contributed by atoms with Crippen LogP contribution in [0.4, 0.5) is 11.4 Å². The highest BCUT2D eigenvalue weighted by Crippen LogP contribution is 2.44. The highest BCUT2D eigenvalue weighted by atomic mass is 16.2. The molecule has 0 atom stereocenters. The predicted octanol–water partition coefficient (Wildman–Crippen LogP) is 2.69. The molecule has 0 aromatic heterocycles. The average Bonchev–Trinajstić information content (AvgIpc) is 2.48. The number of amides is 1. The Morgan fingerprint density at radius 2 is 2.06 bits per heavy atom. The summed E-state index contributed by atoms with van der Waals surface area (Å²) in [5.74, 6) is 0.166. The van der Waals surface area contributed by atoms with Crippen molar-refractivity contribution in [2.75, 3.05) is 17.2 Å². The largest absolute Gasteiger partial charge is 0.397 e. The summed E-state index contributed by atoms with van der Waals surface area (Å²) in [5.41, 5.74) is 8.26. The highest BCUT2D eigenvalue weighted by molar-refractivity contribution is 6.10. The molecule has 0 bridgehead atoms. The second-order valence-electron chi connectivity index (χ2n) is 5.18. The maximum atomic E-state index is 12.4. The molecule has 0 aliphatic carbocycles. The van der Waals surface area contributed by atoms with Gasteiger partial charge in [-0.05, 0) is 31.9 Å². The van der Waals surface area contributed by atoms with Gasteiger partial charge in [0.1, 0.15) is 0 Å². The van der Waals surface area contributed by atoms with Gasteiger partial charge >= 0.3 is 0 Å². The fourth-order valence-corrected chi connectivity index (χ4v) is 2.45. The fraction of sp³-hybridized carbons (Fsp3) is 0.500. The van der Waals surface area contributed by atoms with Crippen molar-refractivity contribution in [3.05, 3.63) is 23.8 Å². The minimum absolute atomic E-state index is 0.166. The van der Waals surface area contributed by atoms with E-state index in [0.29, 0.717) is 5.69 Å². The molecule has 2 rings (SSSR count). The van der Waals surface area contributed by atoms with E-state index in [-0.39, 0.29) is 5.91 Å². The van der Waals surface area contributed by atoms with Crippen LogP contribution in [-0.2, 0) is 10.2 Å². The average molecular weight is 232 g/mol. The van der Waals surface area contributed by atoms with Gasteiger partial charge in [0.25, 0.3) is 0 Å². The lowest BCUT2D eigenvalue weighted by atomic mass is 9.86. The first kappa shape index (κ1) is 12.0. The van der Waals surface area contributed by atoms with Crippen LogP contribution in [0, 0.1) is 0 Å². The standard InChI is InChI=1S/C14H20N2O/c1-4-5-9-16-12-10(7-6-8-11(12)15)14(2,3)13(16)17/h6-8H,4-5,9,15H2,1-3H3. The Morgan fingerprint density at radius 3 is 2.71 bits per heavy atom. The van der Waals surface area contributed by atoms with Crippen molar-refractivity contribution in [2.45, 2.75) is 39.0 Å². The van der Waals surface area contributed by atoms with Gasteiger partial charge < -0.3 is 10.6 Å². The Balaban J connectivity index is 2.49. The van der Waals surface area contributed by atoms with Crippen LogP contribution in [0.2, 0.25) is 0 Å². The summed E-state index contributed by atoms with van der Waals surface area (Å²) >= 11 is 0. The molecular formula is C14H20N2O. The quantitative estimate of drug-likeness (QED) is 0.814. The first-order chi connectivity index (χ1) is 8.00. The van der Waals surface area contributed by atoms with Crippen LogP contribution in [0.3, 0.4) is 0 Å². The predicted molar refractivity (Wildman–Crippen MR) is 71.1 cm³/mol. The van der Waals surface area contributed by atoms with Crippen molar-refractivity contribution < 1.29 is 4.79 Å². The third-order valence-corrected chi connectivity index (χ3v) is 3.53. The molecule has 0 fully saturated rings. The van der Waals surface area contributed by atoms with E-state index < -0.39 is 5.41 Å². The van der Waals surface area contributed by atoms with Gasteiger partial charge in [-0.3, -0.25) is 4.79 Å². The third-order valence-electron chi connectivity index (χ3n) is 3.53. The number of para-hydroxylation sites is 1. The van der Waals surface area contributed by atoms with Crippen LogP contribution in [-0.4, -0.2) is 12.5 Å². The summed E-state index contributed by atoms with van der Waals surface area (Å²) in [6, 6.07) is 5.80. The number of carbonyl (C=O) groups excluding carboxylic acids is 1. The number of hydrogen-bond acceptors (Lipinski definition) is 2. The summed E-state index contributed by atoms with van der Waals surface area (Å²) in [4.78, 5) is 14.3. The van der Waals surface area contributed by atoms with Crippen molar-refractivity contribution >= 4 is 17.3 Å². The van der Waals surface area contributed by atoms with Crippen LogP contribution in [0.5, 0.6) is 0 Å². The molecule has 1 aromatic carbocycles. The number of unbranched alkanes of at least 4 members (excludes halogenated alkanes) is 1. The van der Waals surface area contributed by atoms with Crippen LogP contribution < -0.4 is 10.6 Å². The van der Waals surface area contributed by atoms with Crippen LogP contribution in [0.1, 0.15) is 39.2 Å².